The maximum atomic E-state index is 12.8. The number of benzene rings is 2. The number of ether oxygens (including phenoxy) is 1. The Labute approximate surface area is 182 Å². The Morgan fingerprint density at radius 3 is 2.32 bits per heavy atom. The summed E-state index contributed by atoms with van der Waals surface area (Å²) in [7, 11) is 1.72. The number of hydrogen-bond donors (Lipinski definition) is 0. The van der Waals surface area contributed by atoms with Crippen LogP contribution in [0.15, 0.2) is 52.9 Å². The molecule has 1 aromatic heterocycles. The Morgan fingerprint density at radius 2 is 1.71 bits per heavy atom. The van der Waals surface area contributed by atoms with Crippen LogP contribution in [0.2, 0.25) is 0 Å². The lowest BCUT2D eigenvalue weighted by Crippen LogP contribution is -2.41. The monoisotopic (exact) mass is 423 g/mol. The molecule has 0 N–H and O–H groups in total. The summed E-state index contributed by atoms with van der Waals surface area (Å²) in [5.41, 5.74) is 2.33. The van der Waals surface area contributed by atoms with Gasteiger partial charge in [0, 0.05) is 37.8 Å². The minimum atomic E-state index is -0.553. The second kappa shape index (κ2) is 9.20. The third-order valence-corrected chi connectivity index (χ3v) is 4.76. The highest BCUT2D eigenvalue weighted by atomic mass is 16.6. The summed E-state index contributed by atoms with van der Waals surface area (Å²) in [5.74, 6) is 0.397. The van der Waals surface area contributed by atoms with Crippen molar-refractivity contribution < 1.29 is 18.7 Å². The molecule has 0 spiro atoms. The number of hydrogen-bond acceptors (Lipinski definition) is 5. The minimum absolute atomic E-state index is 0.121. The molecule has 7 nitrogen and oxygen atoms in total. The molecule has 0 saturated carbocycles. The van der Waals surface area contributed by atoms with Crippen molar-refractivity contribution in [3.63, 3.8) is 0 Å². The van der Waals surface area contributed by atoms with Crippen LogP contribution >= 0.6 is 0 Å². The zero-order chi connectivity index (χ0) is 22.6. The van der Waals surface area contributed by atoms with E-state index < -0.39 is 5.60 Å². The smallest absolute Gasteiger partial charge is 0.410 e. The molecule has 164 valence electrons. The summed E-state index contributed by atoms with van der Waals surface area (Å²) >= 11 is 0. The molecule has 0 unspecified atom stereocenters. The normalized spacial score (nSPS) is 11.4. The summed E-state index contributed by atoms with van der Waals surface area (Å²) < 4.78 is 11.2. The van der Waals surface area contributed by atoms with Gasteiger partial charge in [0.05, 0.1) is 0 Å². The van der Waals surface area contributed by atoms with Gasteiger partial charge in [0.25, 0.3) is 5.91 Å². The van der Waals surface area contributed by atoms with Gasteiger partial charge < -0.3 is 19.0 Å². The van der Waals surface area contributed by atoms with Crippen LogP contribution in [0.5, 0.6) is 0 Å². The first-order chi connectivity index (χ1) is 14.7. The standard InChI is InChI=1S/C24H29N3O4/c1-6-27(23(29)31-24(2,3)4)16-15-26(5)22(28)18-13-11-17(12-14-18)21-25-19-9-7-8-10-20(19)30-21/h7-14H,6,15-16H2,1-5H3. The molecule has 0 aliphatic carbocycles. The first kappa shape index (κ1) is 22.3. The fourth-order valence-electron chi connectivity index (χ4n) is 3.05. The van der Waals surface area contributed by atoms with Crippen LogP contribution in [-0.2, 0) is 4.74 Å². The number of fused-ring (bicyclic) bond motifs is 1. The van der Waals surface area contributed by atoms with E-state index in [2.05, 4.69) is 4.98 Å². The van der Waals surface area contributed by atoms with Gasteiger partial charge in [-0.25, -0.2) is 9.78 Å². The van der Waals surface area contributed by atoms with E-state index in [1.807, 2.05) is 64.1 Å². The van der Waals surface area contributed by atoms with Crippen molar-refractivity contribution in [1.29, 1.82) is 0 Å². The Bertz CT molecular complexity index is 1020. The minimum Gasteiger partial charge on any atom is -0.444 e. The van der Waals surface area contributed by atoms with Crippen molar-refractivity contribution in [3.8, 4) is 11.5 Å². The molecular weight excluding hydrogens is 394 g/mol. The fraction of sp³-hybridized carbons (Fsp3) is 0.375. The van der Waals surface area contributed by atoms with Crippen molar-refractivity contribution in [3.05, 3.63) is 54.1 Å². The van der Waals surface area contributed by atoms with Crippen molar-refractivity contribution in [1.82, 2.24) is 14.8 Å². The number of amides is 2. The van der Waals surface area contributed by atoms with E-state index in [4.69, 9.17) is 9.15 Å². The molecule has 0 bridgehead atoms. The number of carbonyl (C=O) groups excluding carboxylic acids is 2. The number of carbonyl (C=O) groups is 2. The summed E-state index contributed by atoms with van der Waals surface area (Å²) in [5, 5.41) is 0. The Hall–Kier alpha value is -3.35. The molecule has 0 aliphatic rings. The van der Waals surface area contributed by atoms with E-state index in [1.165, 1.54) is 0 Å². The number of para-hydroxylation sites is 2. The van der Waals surface area contributed by atoms with Gasteiger partial charge in [-0.2, -0.15) is 0 Å². The topological polar surface area (TPSA) is 75.9 Å². The van der Waals surface area contributed by atoms with Crippen LogP contribution in [-0.4, -0.2) is 59.1 Å². The van der Waals surface area contributed by atoms with Gasteiger partial charge in [-0.05, 0) is 64.1 Å². The van der Waals surface area contributed by atoms with Gasteiger partial charge in [-0.3, -0.25) is 4.79 Å². The Balaban J connectivity index is 1.62. The van der Waals surface area contributed by atoms with E-state index in [0.717, 1.165) is 16.7 Å². The highest BCUT2D eigenvalue weighted by molar-refractivity contribution is 5.94. The van der Waals surface area contributed by atoms with Crippen molar-refractivity contribution in [2.75, 3.05) is 26.7 Å². The SMILES string of the molecule is CCN(CCN(C)C(=O)c1ccc(-c2nc3ccccc3o2)cc1)C(=O)OC(C)(C)C. The molecule has 3 aromatic rings. The van der Waals surface area contributed by atoms with Gasteiger partial charge in [-0.15, -0.1) is 0 Å². The lowest BCUT2D eigenvalue weighted by molar-refractivity contribution is 0.0243. The van der Waals surface area contributed by atoms with Gasteiger partial charge >= 0.3 is 6.09 Å². The van der Waals surface area contributed by atoms with E-state index >= 15 is 0 Å². The van der Waals surface area contributed by atoms with Crippen LogP contribution in [0.3, 0.4) is 0 Å². The maximum Gasteiger partial charge on any atom is 0.410 e. The fourth-order valence-corrected chi connectivity index (χ4v) is 3.05. The highest BCUT2D eigenvalue weighted by Gasteiger charge is 2.22. The molecule has 31 heavy (non-hydrogen) atoms. The lowest BCUT2D eigenvalue weighted by atomic mass is 10.1. The molecule has 0 radical (unpaired) electrons. The number of oxazole rings is 1. The van der Waals surface area contributed by atoms with Crippen molar-refractivity contribution in [2.24, 2.45) is 0 Å². The number of aromatic nitrogens is 1. The molecule has 0 fully saturated rings. The molecule has 3 rings (SSSR count). The predicted octanol–water partition coefficient (Wildman–Crippen LogP) is 4.82. The molecule has 0 saturated heterocycles. The highest BCUT2D eigenvalue weighted by Crippen LogP contribution is 2.24. The average Bonchev–Trinajstić information content (AvgIpc) is 3.16. The molecule has 0 aliphatic heterocycles. The van der Waals surface area contributed by atoms with E-state index in [9.17, 15) is 9.59 Å². The van der Waals surface area contributed by atoms with Gasteiger partial charge in [0.1, 0.15) is 11.1 Å². The summed E-state index contributed by atoms with van der Waals surface area (Å²) in [6.07, 6.45) is -0.376. The van der Waals surface area contributed by atoms with Gasteiger partial charge in [0.15, 0.2) is 5.58 Å². The average molecular weight is 424 g/mol. The third-order valence-electron chi connectivity index (χ3n) is 4.76. The van der Waals surface area contributed by atoms with Gasteiger partial charge in [-0.1, -0.05) is 12.1 Å². The Kier molecular flexibility index (Phi) is 6.63. The molecule has 0 atom stereocenters. The van der Waals surface area contributed by atoms with Crippen molar-refractivity contribution >= 4 is 23.1 Å². The van der Waals surface area contributed by atoms with E-state index in [0.29, 0.717) is 31.1 Å². The molecule has 1 heterocycles. The second-order valence-corrected chi connectivity index (χ2v) is 8.35. The van der Waals surface area contributed by atoms with Crippen LogP contribution in [0, 0.1) is 0 Å². The predicted molar refractivity (Wildman–Crippen MR) is 120 cm³/mol. The van der Waals surface area contributed by atoms with Crippen LogP contribution < -0.4 is 0 Å². The van der Waals surface area contributed by atoms with E-state index in [-0.39, 0.29) is 12.0 Å². The quantitative estimate of drug-likeness (QED) is 0.568. The first-order valence-corrected chi connectivity index (χ1v) is 10.4. The van der Waals surface area contributed by atoms with Crippen LogP contribution in [0.25, 0.3) is 22.6 Å². The summed E-state index contributed by atoms with van der Waals surface area (Å²) in [6.45, 7) is 8.69. The molecule has 2 aromatic carbocycles. The number of rotatable bonds is 6. The molecule has 2 amide bonds. The van der Waals surface area contributed by atoms with Crippen LogP contribution in [0.1, 0.15) is 38.1 Å². The zero-order valence-electron chi connectivity index (χ0n) is 18.7. The number of likely N-dealkylation sites (N-methyl/N-ethyl adjacent to an activating group) is 2. The first-order valence-electron chi connectivity index (χ1n) is 10.4. The Morgan fingerprint density at radius 1 is 1.03 bits per heavy atom. The maximum absolute atomic E-state index is 12.8. The summed E-state index contributed by atoms with van der Waals surface area (Å²) in [6, 6.07) is 14.7. The lowest BCUT2D eigenvalue weighted by Gasteiger charge is -2.28. The second-order valence-electron chi connectivity index (χ2n) is 8.35. The van der Waals surface area contributed by atoms with E-state index in [1.54, 1.807) is 29.0 Å². The van der Waals surface area contributed by atoms with Gasteiger partial charge in [0.2, 0.25) is 5.89 Å². The summed E-state index contributed by atoms with van der Waals surface area (Å²) in [4.78, 5) is 32.7. The molecular formula is C24H29N3O4. The third kappa shape index (κ3) is 5.63. The molecule has 7 heteroatoms. The van der Waals surface area contributed by atoms with Crippen molar-refractivity contribution in [2.45, 2.75) is 33.3 Å². The zero-order valence-corrected chi connectivity index (χ0v) is 18.7. The number of nitrogens with zero attached hydrogens (tertiary/aromatic N) is 3. The van der Waals surface area contributed by atoms with Crippen LogP contribution in [0.4, 0.5) is 4.79 Å². The largest absolute Gasteiger partial charge is 0.444 e.